The summed E-state index contributed by atoms with van der Waals surface area (Å²) in [5.74, 6) is 0.477. The number of aromatic nitrogens is 2. The Morgan fingerprint density at radius 1 is 1.12 bits per heavy atom. The molecule has 0 bridgehead atoms. The average molecular weight is 477 g/mol. The van der Waals surface area contributed by atoms with Crippen LogP contribution in [-0.4, -0.2) is 37.6 Å². The van der Waals surface area contributed by atoms with E-state index in [4.69, 9.17) is 17.2 Å². The van der Waals surface area contributed by atoms with Gasteiger partial charge in [0.15, 0.2) is 0 Å². The Morgan fingerprint density at radius 2 is 1.91 bits per heavy atom. The highest BCUT2D eigenvalue weighted by atomic mass is 32.2. The molecule has 2 aliphatic rings. The largest absolute Gasteiger partial charge is 0.351 e. The van der Waals surface area contributed by atoms with Gasteiger partial charge in [0.1, 0.15) is 15.8 Å². The van der Waals surface area contributed by atoms with E-state index in [1.54, 1.807) is 23.2 Å². The van der Waals surface area contributed by atoms with E-state index in [1.807, 2.05) is 18.2 Å². The smallest absolute Gasteiger partial charge is 0.267 e. The van der Waals surface area contributed by atoms with Crippen LogP contribution in [0.25, 0.3) is 11.7 Å². The molecule has 5 rings (SSSR count). The number of unbranched alkanes of at least 4 members (excludes halogenated alkanes) is 1. The molecule has 4 heterocycles. The number of rotatable bonds is 5. The van der Waals surface area contributed by atoms with Gasteiger partial charge in [-0.3, -0.25) is 18.9 Å². The molecule has 2 aliphatic heterocycles. The van der Waals surface area contributed by atoms with E-state index in [-0.39, 0.29) is 11.5 Å². The van der Waals surface area contributed by atoms with Gasteiger partial charge in [-0.1, -0.05) is 67.7 Å². The first kappa shape index (κ1) is 21.9. The minimum Gasteiger partial charge on any atom is -0.351 e. The van der Waals surface area contributed by atoms with Crippen LogP contribution in [0.4, 0.5) is 5.82 Å². The predicted octanol–water partition coefficient (Wildman–Crippen LogP) is 4.26. The molecule has 1 fully saturated rings. The van der Waals surface area contributed by atoms with E-state index in [1.165, 1.54) is 27.3 Å². The Hall–Kier alpha value is -2.97. The molecule has 3 aromatic rings. The van der Waals surface area contributed by atoms with Crippen LogP contribution in [0.5, 0.6) is 0 Å². The first-order chi connectivity index (χ1) is 16.1. The SMILES string of the molecule is CCCCN1C(=O)/C(=C/c2c(N3CCc4ccccc4C3)nc3ccccn3c2=O)SC1=S. The average Bonchev–Trinajstić information content (AvgIpc) is 3.11. The lowest BCUT2D eigenvalue weighted by atomic mass is 9.99. The van der Waals surface area contributed by atoms with Gasteiger partial charge in [-0.05, 0) is 42.2 Å². The molecule has 0 atom stereocenters. The van der Waals surface area contributed by atoms with Crippen LogP contribution in [0.3, 0.4) is 0 Å². The second kappa shape index (κ2) is 9.11. The van der Waals surface area contributed by atoms with Crippen LogP contribution in [0, 0.1) is 0 Å². The molecule has 0 spiro atoms. The summed E-state index contributed by atoms with van der Waals surface area (Å²) in [4.78, 5) is 35.7. The number of nitrogens with zero attached hydrogens (tertiary/aromatic N) is 4. The summed E-state index contributed by atoms with van der Waals surface area (Å²) in [6, 6.07) is 13.9. The maximum atomic E-state index is 13.6. The number of anilines is 1. The van der Waals surface area contributed by atoms with E-state index < -0.39 is 0 Å². The lowest BCUT2D eigenvalue weighted by molar-refractivity contribution is -0.122. The van der Waals surface area contributed by atoms with Gasteiger partial charge in [-0.15, -0.1) is 0 Å². The van der Waals surface area contributed by atoms with Crippen molar-refractivity contribution in [2.75, 3.05) is 18.0 Å². The van der Waals surface area contributed by atoms with Crippen LogP contribution in [0.1, 0.15) is 36.5 Å². The van der Waals surface area contributed by atoms with Crippen molar-refractivity contribution in [2.45, 2.75) is 32.7 Å². The molecule has 1 amide bonds. The molecule has 1 aromatic carbocycles. The van der Waals surface area contributed by atoms with E-state index in [0.717, 1.165) is 25.8 Å². The van der Waals surface area contributed by atoms with Crippen molar-refractivity contribution in [3.63, 3.8) is 0 Å². The molecule has 1 saturated heterocycles. The Labute approximate surface area is 201 Å². The van der Waals surface area contributed by atoms with E-state index in [9.17, 15) is 9.59 Å². The van der Waals surface area contributed by atoms with Crippen LogP contribution in [-0.2, 0) is 17.8 Å². The minimum absolute atomic E-state index is 0.133. The number of benzene rings is 1. The number of carbonyl (C=O) groups is 1. The highest BCUT2D eigenvalue weighted by molar-refractivity contribution is 8.26. The summed E-state index contributed by atoms with van der Waals surface area (Å²) >= 11 is 6.71. The lowest BCUT2D eigenvalue weighted by Crippen LogP contribution is -2.34. The molecule has 33 heavy (non-hydrogen) atoms. The molecular weight excluding hydrogens is 452 g/mol. The fourth-order valence-electron chi connectivity index (χ4n) is 4.28. The fourth-order valence-corrected chi connectivity index (χ4v) is 5.57. The fraction of sp³-hybridized carbons (Fsp3) is 0.280. The number of carbonyl (C=O) groups excluding carboxylic acids is 1. The van der Waals surface area contributed by atoms with Gasteiger partial charge in [0.05, 0.1) is 10.5 Å². The Balaban J connectivity index is 1.61. The van der Waals surface area contributed by atoms with Crippen molar-refractivity contribution in [2.24, 2.45) is 0 Å². The zero-order chi connectivity index (χ0) is 22.9. The van der Waals surface area contributed by atoms with Gasteiger partial charge in [-0.25, -0.2) is 4.98 Å². The van der Waals surface area contributed by atoms with Crippen molar-refractivity contribution in [1.29, 1.82) is 0 Å². The first-order valence-electron chi connectivity index (χ1n) is 11.2. The summed E-state index contributed by atoms with van der Waals surface area (Å²) in [5, 5.41) is 0. The zero-order valence-corrected chi connectivity index (χ0v) is 20.0. The number of hydrogen-bond acceptors (Lipinski definition) is 6. The zero-order valence-electron chi connectivity index (χ0n) is 18.4. The van der Waals surface area contributed by atoms with Crippen LogP contribution >= 0.6 is 24.0 Å². The molecule has 8 heteroatoms. The number of hydrogen-bond donors (Lipinski definition) is 0. The van der Waals surface area contributed by atoms with Gasteiger partial charge in [0.2, 0.25) is 0 Å². The van der Waals surface area contributed by atoms with Gasteiger partial charge < -0.3 is 4.90 Å². The molecule has 0 radical (unpaired) electrons. The third kappa shape index (κ3) is 4.09. The molecular formula is C25H24N4O2S2. The molecule has 2 aromatic heterocycles. The Kier molecular flexibility index (Phi) is 6.03. The highest BCUT2D eigenvalue weighted by Gasteiger charge is 2.32. The number of amides is 1. The summed E-state index contributed by atoms with van der Waals surface area (Å²) in [7, 11) is 0. The van der Waals surface area contributed by atoms with Crippen LogP contribution < -0.4 is 10.5 Å². The third-order valence-electron chi connectivity index (χ3n) is 6.06. The molecule has 0 N–H and O–H groups in total. The summed E-state index contributed by atoms with van der Waals surface area (Å²) in [6.07, 6.45) is 6.15. The summed E-state index contributed by atoms with van der Waals surface area (Å²) in [6.45, 7) is 4.11. The summed E-state index contributed by atoms with van der Waals surface area (Å²) < 4.78 is 2.08. The standard InChI is InChI=1S/C25H24N4O2S2/c1-2-3-12-29-24(31)20(33-25(29)32)15-19-22(26-21-10-6-7-13-28(21)23(19)30)27-14-11-17-8-4-5-9-18(17)16-27/h4-10,13,15H,2-3,11-12,14,16H2,1H3/b20-15-. The quantitative estimate of drug-likeness (QED) is 0.405. The third-order valence-corrected chi connectivity index (χ3v) is 7.44. The lowest BCUT2D eigenvalue weighted by Gasteiger charge is -2.30. The Morgan fingerprint density at radius 3 is 2.73 bits per heavy atom. The normalized spacial score (nSPS) is 17.3. The van der Waals surface area contributed by atoms with E-state index >= 15 is 0 Å². The van der Waals surface area contributed by atoms with Gasteiger partial charge in [-0.2, -0.15) is 0 Å². The van der Waals surface area contributed by atoms with Crippen molar-refractivity contribution in [3.8, 4) is 0 Å². The van der Waals surface area contributed by atoms with E-state index in [0.29, 0.717) is 39.3 Å². The van der Waals surface area contributed by atoms with Crippen molar-refractivity contribution in [3.05, 3.63) is 80.6 Å². The molecule has 6 nitrogen and oxygen atoms in total. The van der Waals surface area contributed by atoms with Crippen molar-refractivity contribution >= 4 is 51.7 Å². The summed E-state index contributed by atoms with van der Waals surface area (Å²) in [5.41, 5.74) is 3.38. The predicted molar refractivity (Wildman–Crippen MR) is 137 cm³/mol. The molecule has 0 saturated carbocycles. The van der Waals surface area contributed by atoms with Crippen molar-refractivity contribution < 1.29 is 4.79 Å². The molecule has 0 aliphatic carbocycles. The molecule has 168 valence electrons. The number of pyridine rings is 1. The maximum absolute atomic E-state index is 13.6. The second-order valence-electron chi connectivity index (χ2n) is 8.21. The number of thioether (sulfide) groups is 1. The van der Waals surface area contributed by atoms with Crippen LogP contribution in [0.15, 0.2) is 58.4 Å². The molecule has 0 unspecified atom stereocenters. The number of thiocarbonyl (C=S) groups is 1. The van der Waals surface area contributed by atoms with Crippen LogP contribution in [0.2, 0.25) is 0 Å². The monoisotopic (exact) mass is 476 g/mol. The van der Waals surface area contributed by atoms with Gasteiger partial charge in [0.25, 0.3) is 11.5 Å². The van der Waals surface area contributed by atoms with Gasteiger partial charge in [0, 0.05) is 25.8 Å². The first-order valence-corrected chi connectivity index (χ1v) is 12.4. The Bertz CT molecular complexity index is 1350. The number of fused-ring (bicyclic) bond motifs is 2. The van der Waals surface area contributed by atoms with Crippen molar-refractivity contribution in [1.82, 2.24) is 14.3 Å². The van der Waals surface area contributed by atoms with Gasteiger partial charge >= 0.3 is 0 Å². The topological polar surface area (TPSA) is 57.9 Å². The van der Waals surface area contributed by atoms with E-state index in [2.05, 4.69) is 30.0 Å². The minimum atomic E-state index is -0.187. The maximum Gasteiger partial charge on any atom is 0.267 e. The highest BCUT2D eigenvalue weighted by Crippen LogP contribution is 2.34. The second-order valence-corrected chi connectivity index (χ2v) is 9.89.